The number of imidazole rings is 4. The normalized spacial score (nSPS) is 22.0. The van der Waals surface area contributed by atoms with Gasteiger partial charge in [0.1, 0.15) is 23.0 Å². The fourth-order valence-electron chi connectivity index (χ4n) is 22.9. The van der Waals surface area contributed by atoms with Gasteiger partial charge < -0.3 is 42.6 Å². The molecule has 16 aromatic rings. The number of amides is 4. The van der Waals surface area contributed by atoms with E-state index in [0.717, 1.165) is 216 Å². The van der Waals surface area contributed by atoms with Gasteiger partial charge in [-0.05, 0) is 233 Å². The van der Waals surface area contributed by atoms with Gasteiger partial charge in [-0.1, -0.05) is 109 Å². The number of hydrogen-bond acceptors (Lipinski definition) is 15. The Kier molecular flexibility index (Phi) is 23.3. The number of benzene rings is 8. The molecule has 28 heteroatoms. The molecule has 27 nitrogen and oxygen atoms in total. The lowest BCUT2D eigenvalue weighted by Gasteiger charge is -2.25. The number of rotatable bonds is 24. The summed E-state index contributed by atoms with van der Waals surface area (Å²) >= 11 is 0. The first-order valence-corrected chi connectivity index (χ1v) is 46.1. The molecule has 8 aromatic carbocycles. The van der Waals surface area contributed by atoms with Crippen molar-refractivity contribution in [2.24, 2.45) is 23.7 Å². The van der Waals surface area contributed by atoms with Crippen molar-refractivity contribution < 1.29 is 28.3 Å². The Bertz CT molecular complexity index is 6450. The van der Waals surface area contributed by atoms with Gasteiger partial charge >= 0.3 is 0 Å². The fraction of sp³-hybridized carbons (Fsp3) is 0.353. The summed E-state index contributed by atoms with van der Waals surface area (Å²) in [5, 5.41) is 35.2. The Morgan fingerprint density at radius 1 is 0.377 bits per heavy atom. The highest BCUT2D eigenvalue weighted by atomic mass is 19.1. The van der Waals surface area contributed by atoms with Gasteiger partial charge in [-0.25, -0.2) is 24.3 Å². The van der Waals surface area contributed by atoms with Crippen LogP contribution in [-0.4, -0.2) is 188 Å². The number of para-hydroxylation sites is 1. The molecule has 0 spiro atoms. The van der Waals surface area contributed by atoms with Crippen LogP contribution in [-0.2, 0) is 64.6 Å². The maximum Gasteiger partial charge on any atom is 0.261 e. The first-order valence-electron chi connectivity index (χ1n) is 46.1. The van der Waals surface area contributed by atoms with Gasteiger partial charge in [0.2, 0.25) is 17.7 Å². The molecule has 0 aliphatic carbocycles. The summed E-state index contributed by atoms with van der Waals surface area (Å²) in [6.45, 7) is 5.80. The lowest BCUT2D eigenvalue weighted by atomic mass is 9.89. The Morgan fingerprint density at radius 3 is 1.17 bits per heavy atom. The number of H-pyrrole nitrogens is 4. The van der Waals surface area contributed by atoms with Crippen molar-refractivity contribution in [3.8, 4) is 50.5 Å². The van der Waals surface area contributed by atoms with E-state index in [1.165, 1.54) is 28.8 Å². The van der Waals surface area contributed by atoms with E-state index in [0.29, 0.717) is 97.4 Å². The third-order valence-corrected chi connectivity index (χ3v) is 29.1. The minimum absolute atomic E-state index is 0.101. The van der Waals surface area contributed by atoms with E-state index in [1.807, 2.05) is 117 Å². The minimum atomic E-state index is -0.248. The zero-order valence-electron chi connectivity index (χ0n) is 72.8. The van der Waals surface area contributed by atoms with Gasteiger partial charge in [0.25, 0.3) is 5.91 Å². The van der Waals surface area contributed by atoms with Crippen molar-refractivity contribution in [1.29, 1.82) is 0 Å². The van der Waals surface area contributed by atoms with Crippen LogP contribution in [0.2, 0.25) is 0 Å². The number of aromatic nitrogens is 18. The molecule has 8 bridgehead atoms. The average Bonchev–Trinajstić information content (AvgIpc) is 1.62. The van der Waals surface area contributed by atoms with Crippen LogP contribution in [0, 0.1) is 36.4 Å². The van der Waals surface area contributed by atoms with Crippen molar-refractivity contribution in [3.05, 3.63) is 273 Å². The molecule has 130 heavy (non-hydrogen) atoms. The summed E-state index contributed by atoms with van der Waals surface area (Å²) in [4.78, 5) is 79.6. The molecule has 660 valence electrons. The number of nitrogens with zero attached hydrogens (tertiary/aromatic N) is 18. The Balaban J connectivity index is 0.000000105. The molecular formula is C102H105FN22O5. The second-order valence-corrected chi connectivity index (χ2v) is 36.6. The molecule has 4 amide bonds. The number of nitrogens with one attached hydrogen (secondary N) is 4. The number of ether oxygens (including phenoxy) is 1. The van der Waals surface area contributed by atoms with Gasteiger partial charge in [-0.15, -0.1) is 0 Å². The third-order valence-electron chi connectivity index (χ3n) is 29.1. The predicted molar refractivity (Wildman–Crippen MR) is 493 cm³/mol. The van der Waals surface area contributed by atoms with Crippen LogP contribution in [0.3, 0.4) is 0 Å². The predicted octanol–water partition coefficient (Wildman–Crippen LogP) is 16.4. The van der Waals surface area contributed by atoms with Crippen molar-refractivity contribution in [2.45, 2.75) is 197 Å². The summed E-state index contributed by atoms with van der Waals surface area (Å²) in [5.41, 5.74) is 21.0. The van der Waals surface area contributed by atoms with Gasteiger partial charge in [-0.2, -0.15) is 41.0 Å². The lowest BCUT2D eigenvalue weighted by Crippen LogP contribution is -2.40. The maximum atomic E-state index is 13.5. The standard InChI is InChI=1S/C27H29N5O.C25H25FN6O.C25H26N6O.C25H25N5O2/c1-18-4-2-3-5-19(18)7-11-27(33)32-23-8-10-25(32)21(12-23)16-31-17-28-24-13-20(6-9-26(24)31)22-14-29-30-15-22;26-19-3-1-2-16(10-19)4-9-25(33)32-20-6-8-23(32)18(11-20)14-31-15-27-21-12-17(5-7-24(21)31)22-13-28-30-29-22;32-25(11-6-17-4-2-1-3-5-17)31-20-8-10-23(31)19(12-20)15-30-16-26-21-13-18(7-9-24(21)30)22-14-27-29-28-22;31-25(15-32-21-4-2-1-3-5-21)30-20-7-9-23(30)18(10-20)14-29-16-26-22-11-17(6-8-24(22)29)19-12-27-28-13-19/h2-6,9,13-15,17,21,23,25H,7-8,10-12,16H2,1H3,(H,29,30);1-3,5,7,10,12-13,15,18,20,23H,4,6,8-9,11,14H2,(H,28,29,30);1-5,7,9,13-14,16,19-20,23H,6,8,10-12,15H2,(H,27,28,29);1-6,8,11-13,16,18,20,23H,7,9-10,14-15H2,(H,27,28). The average molecular weight is 1740 g/mol. The molecule has 8 fully saturated rings. The number of carbonyl (C=O) groups is 4. The largest absolute Gasteiger partial charge is 0.484 e. The number of carbonyl (C=O) groups excluding carboxylic acids is 4. The van der Waals surface area contributed by atoms with Crippen molar-refractivity contribution in [1.82, 2.24) is 109 Å². The highest BCUT2D eigenvalue weighted by Gasteiger charge is 2.52. The van der Waals surface area contributed by atoms with E-state index < -0.39 is 0 Å². The van der Waals surface area contributed by atoms with Crippen molar-refractivity contribution >= 4 is 67.8 Å². The molecule has 0 saturated carbocycles. The molecule has 0 radical (unpaired) electrons. The Hall–Kier alpha value is -14.1. The Labute approximate surface area is 751 Å². The van der Waals surface area contributed by atoms with E-state index >= 15 is 0 Å². The van der Waals surface area contributed by atoms with E-state index in [9.17, 15) is 23.6 Å². The van der Waals surface area contributed by atoms with Gasteiger partial charge in [0.15, 0.2) is 6.61 Å². The number of fused-ring (bicyclic) bond motifs is 12. The highest BCUT2D eigenvalue weighted by molar-refractivity contribution is 5.86. The van der Waals surface area contributed by atoms with E-state index in [-0.39, 0.29) is 36.3 Å². The summed E-state index contributed by atoms with van der Waals surface area (Å²) in [6, 6.07) is 62.7. The van der Waals surface area contributed by atoms with Crippen LogP contribution in [0.25, 0.3) is 88.9 Å². The fourth-order valence-corrected chi connectivity index (χ4v) is 22.9. The van der Waals surface area contributed by atoms with Crippen LogP contribution < -0.4 is 4.74 Å². The lowest BCUT2D eigenvalue weighted by molar-refractivity contribution is -0.135. The SMILES string of the molecule is Cc1ccccc1CCC(=O)N1C2CCC1C(Cn1cnc3cc(-c4cn[nH]c4)ccc31)C2.O=C(CCc1cccc(F)c1)N1C2CCC1C(Cn1cnc3cc(-c4cn[nH]n4)ccc31)C2.O=C(CCc1ccccc1)N1C2CCC1C(Cn1cnc3cc(-c4cn[nH]n4)ccc31)C2.O=C(COc1ccccc1)N1C2CCC1C(Cn1cnc3cc(-c4cn[nH]c4)ccc31)C2. The number of halogens is 1. The third kappa shape index (κ3) is 17.2. The van der Waals surface area contributed by atoms with Crippen LogP contribution in [0.4, 0.5) is 4.39 Å². The minimum Gasteiger partial charge on any atom is -0.484 e. The second kappa shape index (κ2) is 36.6. The molecule has 8 saturated heterocycles. The molecule has 8 aromatic heterocycles. The zero-order chi connectivity index (χ0) is 87.7. The molecule has 12 atom stereocenters. The number of hydrogen-bond donors (Lipinski definition) is 4. The first kappa shape index (κ1) is 82.9. The van der Waals surface area contributed by atoms with Crippen LogP contribution >= 0.6 is 0 Å². The summed E-state index contributed by atoms with van der Waals surface area (Å²) < 4.78 is 28.2. The second-order valence-electron chi connectivity index (χ2n) is 36.6. The summed E-state index contributed by atoms with van der Waals surface area (Å²) in [5.74, 6) is 3.29. The van der Waals surface area contributed by atoms with Crippen molar-refractivity contribution in [3.63, 3.8) is 0 Å². The summed E-state index contributed by atoms with van der Waals surface area (Å²) in [7, 11) is 0. The van der Waals surface area contributed by atoms with Gasteiger partial charge in [-0.3, -0.25) is 29.4 Å². The molecule has 8 aliphatic heterocycles. The van der Waals surface area contributed by atoms with E-state index in [4.69, 9.17) is 4.74 Å². The molecule has 16 heterocycles. The van der Waals surface area contributed by atoms with Crippen LogP contribution in [0.1, 0.15) is 119 Å². The van der Waals surface area contributed by atoms with Gasteiger partial charge in [0, 0.05) is 128 Å². The zero-order valence-corrected chi connectivity index (χ0v) is 72.8. The van der Waals surface area contributed by atoms with E-state index in [2.05, 4.69) is 213 Å². The number of aryl methyl sites for hydroxylation is 4. The maximum absolute atomic E-state index is 13.5. The van der Waals surface area contributed by atoms with E-state index in [1.54, 1.807) is 18.5 Å². The monoisotopic (exact) mass is 1740 g/mol. The van der Waals surface area contributed by atoms with Gasteiger partial charge in [0.05, 0.1) is 94.2 Å². The quantitative estimate of drug-likeness (QED) is 0.0437. The first-order chi connectivity index (χ1) is 63.8. The smallest absolute Gasteiger partial charge is 0.261 e. The Morgan fingerprint density at radius 2 is 0.762 bits per heavy atom. The molecule has 8 aliphatic rings. The topological polar surface area (TPSA) is 302 Å². The van der Waals surface area contributed by atoms with Crippen molar-refractivity contribution in [2.75, 3.05) is 6.61 Å². The molecular weight excluding hydrogens is 1630 g/mol. The number of aromatic amines is 4. The van der Waals surface area contributed by atoms with Crippen LogP contribution in [0.15, 0.2) is 244 Å². The molecule has 24 rings (SSSR count). The molecule has 4 N–H and O–H groups in total. The van der Waals surface area contributed by atoms with Crippen LogP contribution in [0.5, 0.6) is 5.75 Å². The summed E-state index contributed by atoms with van der Waals surface area (Å²) in [6.07, 6.45) is 35.6. The highest BCUT2D eigenvalue weighted by Crippen LogP contribution is 2.48. The molecule has 12 unspecified atom stereocenters.